The number of hydrogen-bond acceptors (Lipinski definition) is 16. The van der Waals surface area contributed by atoms with Crippen molar-refractivity contribution in [2.75, 3.05) is 60.0 Å². The molecule has 0 aliphatic heterocycles. The van der Waals surface area contributed by atoms with E-state index in [2.05, 4.69) is 121 Å². The van der Waals surface area contributed by atoms with Crippen LogP contribution in [0.2, 0.25) is 0 Å². The summed E-state index contributed by atoms with van der Waals surface area (Å²) in [6.07, 6.45) is -0.465. The number of carbonyl (C=O) groups excluding carboxylic acids is 4. The molecule has 8 aromatic carbocycles. The molecule has 462 valence electrons. The van der Waals surface area contributed by atoms with E-state index in [0.717, 1.165) is 90.0 Å². The molecule has 0 atom stereocenters. The molecule has 0 aliphatic rings. The minimum atomic E-state index is -0.510. The molecule has 16 nitrogen and oxygen atoms in total. The molecule has 0 aromatic heterocycles. The van der Waals surface area contributed by atoms with Gasteiger partial charge in [-0.3, -0.25) is 19.2 Å². The normalized spacial score (nSPS) is 10.4. The van der Waals surface area contributed by atoms with Gasteiger partial charge in [0.25, 0.3) is 0 Å². The van der Waals surface area contributed by atoms with Crippen LogP contribution >= 0.6 is 0 Å². The summed E-state index contributed by atoms with van der Waals surface area (Å²) in [4.78, 5) is 58.7. The lowest BCUT2D eigenvalue weighted by atomic mass is 10.0. The van der Waals surface area contributed by atoms with Crippen LogP contribution in [0.5, 0.6) is 0 Å². The van der Waals surface area contributed by atoms with E-state index >= 15 is 0 Å². The first kappa shape index (κ1) is 66.2. The molecule has 0 spiro atoms. The second-order valence-electron chi connectivity index (χ2n) is 21.9. The summed E-state index contributed by atoms with van der Waals surface area (Å²) in [7, 11) is 3.72. The monoisotopic (exact) mass is 1220 g/mol. The predicted molar refractivity (Wildman–Crippen MR) is 358 cm³/mol. The first-order valence-electron chi connectivity index (χ1n) is 29.9. The van der Waals surface area contributed by atoms with Crippen molar-refractivity contribution in [2.45, 2.75) is 66.6 Å². The third kappa shape index (κ3) is 18.2. The second kappa shape index (κ2) is 32.5. The fourth-order valence-electron chi connectivity index (χ4n) is 9.85. The first-order valence-corrected chi connectivity index (χ1v) is 29.9. The predicted octanol–water partition coefficient (Wildman–Crippen LogP) is 15.6. The Kier molecular flexibility index (Phi) is 23.4. The maximum Gasteiger partial charge on any atom is 0.306 e. The zero-order chi connectivity index (χ0) is 65.5. The zero-order valence-electron chi connectivity index (χ0n) is 52.4. The molecule has 0 N–H and O–H groups in total. The smallest absolute Gasteiger partial charge is 0.306 e. The Bertz CT molecular complexity index is 3800. The van der Waals surface area contributed by atoms with Gasteiger partial charge in [0, 0.05) is 59.6 Å². The Balaban J connectivity index is 0.819. The molecule has 0 saturated heterocycles. The standard InChI is InChI=1S/C76H70N8O8/c1-53-7-23-67(24-8-53)83(69-27-11-57(12-28-69)51-91-75(87)41-39-73(85)89-45-43-81(5)65-31-15-59(16-32-65)55(3)63(47-77)48-78)71-35-19-61(20-36-71)62-21-37-72(38-22-62)84(68-25-9-54(2)10-26-68)70-29-13-58(14-30-70)52-92-76(88)42-40-74(86)90-46-44-82(6)66-33-17-60(18-34-66)56(4)64(49-79)50-80/h7-38H,39-46,51-52H2,1-6H3. The lowest BCUT2D eigenvalue weighted by Gasteiger charge is -2.26. The maximum atomic E-state index is 12.8. The summed E-state index contributed by atoms with van der Waals surface area (Å²) < 4.78 is 21.9. The van der Waals surface area contributed by atoms with E-state index in [1.165, 1.54) is 0 Å². The molecule has 0 amide bonds. The van der Waals surface area contributed by atoms with Crippen molar-refractivity contribution in [2.24, 2.45) is 0 Å². The Morgan fingerprint density at radius 3 is 0.880 bits per heavy atom. The van der Waals surface area contributed by atoms with Gasteiger partial charge in [-0.25, -0.2) is 0 Å². The molecule has 92 heavy (non-hydrogen) atoms. The summed E-state index contributed by atoms with van der Waals surface area (Å²) >= 11 is 0. The van der Waals surface area contributed by atoms with Gasteiger partial charge in [0.1, 0.15) is 61.9 Å². The SMILES string of the molecule is CC(=C(C#N)C#N)c1ccc(N(C)CCOC(=O)CCC(=O)OCc2ccc(N(c3ccc(C)cc3)c3ccc(-c4ccc(N(c5ccc(C)cc5)c5ccc(COC(=O)CCC(=O)OCCN(C)c6ccc(C(C)=C(C#N)C#N)cc6)cc5)cc4)cc3)cc2)cc1. The molecular weight excluding hydrogens is 1150 g/mol. The number of aryl methyl sites for hydroxylation is 2. The largest absolute Gasteiger partial charge is 0.464 e. The van der Waals surface area contributed by atoms with Gasteiger partial charge < -0.3 is 38.5 Å². The lowest BCUT2D eigenvalue weighted by Crippen LogP contribution is -2.24. The molecule has 0 unspecified atom stereocenters. The van der Waals surface area contributed by atoms with Crippen LogP contribution in [0, 0.1) is 59.2 Å². The second-order valence-corrected chi connectivity index (χ2v) is 21.9. The fraction of sp³-hybridized carbons (Fsp3) is 0.211. The van der Waals surface area contributed by atoms with Crippen molar-refractivity contribution in [1.82, 2.24) is 0 Å². The van der Waals surface area contributed by atoms with Gasteiger partial charge in [-0.15, -0.1) is 0 Å². The highest BCUT2D eigenvalue weighted by Gasteiger charge is 2.18. The Labute approximate surface area is 537 Å². The number of ether oxygens (including phenoxy) is 4. The van der Waals surface area contributed by atoms with Crippen molar-refractivity contribution >= 4 is 80.5 Å². The molecule has 0 fully saturated rings. The third-order valence-electron chi connectivity index (χ3n) is 15.5. The van der Waals surface area contributed by atoms with Crippen molar-refractivity contribution in [3.8, 4) is 35.4 Å². The van der Waals surface area contributed by atoms with E-state index in [1.807, 2.05) is 145 Å². The van der Waals surface area contributed by atoms with Crippen LogP contribution in [0.25, 0.3) is 22.3 Å². The minimum absolute atomic E-state index is 0.0389. The van der Waals surface area contributed by atoms with Crippen LogP contribution in [0.4, 0.5) is 45.5 Å². The van der Waals surface area contributed by atoms with E-state index in [4.69, 9.17) is 18.9 Å². The van der Waals surface area contributed by atoms with Gasteiger partial charge in [0.15, 0.2) is 0 Å². The lowest BCUT2D eigenvalue weighted by molar-refractivity contribution is -0.150. The van der Waals surface area contributed by atoms with E-state index < -0.39 is 23.9 Å². The highest BCUT2D eigenvalue weighted by Crippen LogP contribution is 2.39. The molecule has 0 aliphatic carbocycles. The zero-order valence-corrected chi connectivity index (χ0v) is 52.4. The van der Waals surface area contributed by atoms with Gasteiger partial charge >= 0.3 is 23.9 Å². The molecule has 8 aromatic rings. The van der Waals surface area contributed by atoms with Gasteiger partial charge in [-0.05, 0) is 169 Å². The van der Waals surface area contributed by atoms with Crippen molar-refractivity contribution in [3.63, 3.8) is 0 Å². The van der Waals surface area contributed by atoms with Crippen LogP contribution in [-0.2, 0) is 51.3 Å². The fourth-order valence-corrected chi connectivity index (χ4v) is 9.85. The topological polar surface area (TPSA) is 213 Å². The van der Waals surface area contributed by atoms with Crippen molar-refractivity contribution < 1.29 is 38.1 Å². The van der Waals surface area contributed by atoms with Gasteiger partial charge in [0.2, 0.25) is 0 Å². The molecule has 0 radical (unpaired) electrons. The third-order valence-corrected chi connectivity index (χ3v) is 15.5. The van der Waals surface area contributed by atoms with Gasteiger partial charge in [-0.2, -0.15) is 21.0 Å². The van der Waals surface area contributed by atoms with E-state index in [9.17, 15) is 40.2 Å². The average molecular weight is 1220 g/mol. The Morgan fingerprint density at radius 1 is 0.348 bits per heavy atom. The summed E-state index contributed by atoms with van der Waals surface area (Å²) in [6, 6.07) is 71.5. The van der Waals surface area contributed by atoms with Crippen LogP contribution in [0.1, 0.15) is 72.9 Å². The molecule has 0 heterocycles. The van der Waals surface area contributed by atoms with E-state index in [1.54, 1.807) is 13.8 Å². The molecule has 16 heteroatoms. The quantitative estimate of drug-likeness (QED) is 0.0266. The van der Waals surface area contributed by atoms with Gasteiger partial charge in [-0.1, -0.05) is 108 Å². The molecular formula is C76H70N8O8. The molecule has 0 saturated carbocycles. The Hall–Kier alpha value is -11.7. The summed E-state index contributed by atoms with van der Waals surface area (Å²) in [6.45, 7) is 8.71. The number of esters is 4. The number of anilines is 8. The average Bonchev–Trinajstić information content (AvgIpc) is 0.904. The summed E-state index contributed by atoms with van der Waals surface area (Å²) in [5.41, 5.74) is 16.1. The van der Waals surface area contributed by atoms with Crippen LogP contribution in [0.15, 0.2) is 205 Å². The van der Waals surface area contributed by atoms with Gasteiger partial charge in [0.05, 0.1) is 38.8 Å². The number of allylic oxidation sites excluding steroid dienone is 4. The van der Waals surface area contributed by atoms with E-state index in [-0.39, 0.29) is 63.3 Å². The number of nitrogens with zero attached hydrogens (tertiary/aromatic N) is 8. The number of benzene rings is 8. The molecule has 0 bridgehead atoms. The van der Waals surface area contributed by atoms with Crippen molar-refractivity contribution in [1.29, 1.82) is 21.0 Å². The minimum Gasteiger partial charge on any atom is -0.464 e. The number of carbonyl (C=O) groups is 4. The van der Waals surface area contributed by atoms with Crippen LogP contribution < -0.4 is 19.6 Å². The maximum absolute atomic E-state index is 12.8. The van der Waals surface area contributed by atoms with Crippen molar-refractivity contribution in [3.05, 3.63) is 239 Å². The summed E-state index contributed by atoms with van der Waals surface area (Å²) in [5, 5.41) is 36.8. The Morgan fingerprint density at radius 2 is 0.598 bits per heavy atom. The van der Waals surface area contributed by atoms with E-state index in [0.29, 0.717) is 24.2 Å². The van der Waals surface area contributed by atoms with Crippen LogP contribution in [0.3, 0.4) is 0 Å². The van der Waals surface area contributed by atoms with Crippen LogP contribution in [-0.4, -0.2) is 64.3 Å². The first-order chi connectivity index (χ1) is 44.5. The highest BCUT2D eigenvalue weighted by atomic mass is 16.5. The number of hydrogen-bond donors (Lipinski definition) is 0. The number of likely N-dealkylation sites (N-methyl/N-ethyl adjacent to an activating group) is 2. The number of nitriles is 4. The molecule has 8 rings (SSSR count). The highest BCUT2D eigenvalue weighted by molar-refractivity contribution is 5.83. The summed E-state index contributed by atoms with van der Waals surface area (Å²) in [5.74, 6) is -2.02. The number of rotatable bonds is 27.